The average Bonchev–Trinajstić information content (AvgIpc) is 3.67. The van der Waals surface area contributed by atoms with E-state index < -0.39 is 36.5 Å². The molecule has 1 heterocycles. The van der Waals surface area contributed by atoms with Crippen molar-refractivity contribution in [2.24, 2.45) is 0 Å². The molecule has 2 amide bonds. The van der Waals surface area contributed by atoms with E-state index in [4.69, 9.17) is 4.74 Å². The minimum atomic E-state index is -4.62. The number of fused-ring (bicyclic) bond motifs is 3. The van der Waals surface area contributed by atoms with Crippen molar-refractivity contribution in [3.05, 3.63) is 119 Å². The zero-order valence-corrected chi connectivity index (χ0v) is 26.3. The largest absolute Gasteiger partial charge is 0.457 e. The van der Waals surface area contributed by atoms with Crippen molar-refractivity contribution in [2.45, 2.75) is 57.2 Å². The van der Waals surface area contributed by atoms with E-state index >= 15 is 0 Å². The maximum Gasteiger partial charge on any atom is 0.407 e. The number of hydrazine groups is 1. The fourth-order valence-corrected chi connectivity index (χ4v) is 6.72. The van der Waals surface area contributed by atoms with Gasteiger partial charge in [0.1, 0.15) is 18.0 Å². The van der Waals surface area contributed by atoms with Crippen LogP contribution in [-0.4, -0.2) is 53.7 Å². The first-order valence-electron chi connectivity index (χ1n) is 16.2. The predicted octanol–water partition coefficient (Wildman–Crippen LogP) is 8.13. The van der Waals surface area contributed by atoms with Crippen LogP contribution in [0.2, 0.25) is 0 Å². The number of carbonyl (C=O) groups is 2. The lowest BCUT2D eigenvalue weighted by molar-refractivity contribution is -0.189. The van der Waals surface area contributed by atoms with Crippen LogP contribution in [0.3, 0.4) is 0 Å². The van der Waals surface area contributed by atoms with Gasteiger partial charge in [0.25, 0.3) is 5.91 Å². The first-order valence-corrected chi connectivity index (χ1v) is 16.2. The summed E-state index contributed by atoms with van der Waals surface area (Å²) in [4.78, 5) is 27.9. The second kappa shape index (κ2) is 14.0. The normalized spacial score (nSPS) is 17.2. The van der Waals surface area contributed by atoms with E-state index in [0.717, 1.165) is 58.5 Å². The second-order valence-corrected chi connectivity index (χ2v) is 12.1. The molecule has 0 spiro atoms. The van der Waals surface area contributed by atoms with Crippen LogP contribution in [0.5, 0.6) is 11.5 Å². The Balaban J connectivity index is 1.24. The number of nitrogens with zero attached hydrogens (tertiary/aromatic N) is 2. The van der Waals surface area contributed by atoms with E-state index in [1.807, 2.05) is 60.7 Å². The Kier molecular flexibility index (Phi) is 9.63. The van der Waals surface area contributed by atoms with Crippen LogP contribution < -0.4 is 10.1 Å². The average molecular weight is 642 g/mol. The first-order chi connectivity index (χ1) is 22.7. The maximum atomic E-state index is 14.5. The molecule has 0 saturated carbocycles. The van der Waals surface area contributed by atoms with Crippen molar-refractivity contribution in [1.29, 1.82) is 0 Å². The summed E-state index contributed by atoms with van der Waals surface area (Å²) in [7, 11) is 0. The van der Waals surface area contributed by atoms with Crippen molar-refractivity contribution < 1.29 is 27.5 Å². The summed E-state index contributed by atoms with van der Waals surface area (Å²) in [5.74, 6) is -0.910. The van der Waals surface area contributed by atoms with E-state index in [1.54, 1.807) is 36.4 Å². The Morgan fingerprint density at radius 3 is 2.40 bits per heavy atom. The van der Waals surface area contributed by atoms with E-state index in [1.165, 1.54) is 5.01 Å². The molecule has 244 valence electrons. The Morgan fingerprint density at radius 1 is 0.894 bits per heavy atom. The molecule has 0 bridgehead atoms. The van der Waals surface area contributed by atoms with Crippen LogP contribution in [0.1, 0.15) is 65.6 Å². The summed E-state index contributed by atoms with van der Waals surface area (Å²) in [5, 5.41) is 5.29. The summed E-state index contributed by atoms with van der Waals surface area (Å²) in [5.41, 5.74) is 4.63. The smallest absolute Gasteiger partial charge is 0.407 e. The number of hydrogen-bond acceptors (Lipinski definition) is 4. The molecule has 47 heavy (non-hydrogen) atoms. The predicted molar refractivity (Wildman–Crippen MR) is 175 cm³/mol. The number of halogens is 3. The maximum absolute atomic E-state index is 14.5. The molecular formula is C38H38F3N3O3. The van der Waals surface area contributed by atoms with Gasteiger partial charge in [-0.2, -0.15) is 13.2 Å². The summed E-state index contributed by atoms with van der Waals surface area (Å²) in [6.07, 6.45) is -0.485. The fraction of sp³-hybridized carbons (Fsp3) is 0.316. The van der Waals surface area contributed by atoms with Crippen LogP contribution in [0.4, 0.5) is 13.2 Å². The van der Waals surface area contributed by atoms with Gasteiger partial charge in [0.2, 0.25) is 5.91 Å². The number of benzene rings is 4. The van der Waals surface area contributed by atoms with Gasteiger partial charge in [-0.05, 0) is 71.3 Å². The quantitative estimate of drug-likeness (QED) is 0.168. The molecule has 6 nitrogen and oxygen atoms in total. The zero-order chi connectivity index (χ0) is 33.0. The number of alkyl halides is 3. The lowest BCUT2D eigenvalue weighted by Gasteiger charge is -2.35. The molecule has 2 atom stereocenters. The third kappa shape index (κ3) is 7.20. The molecule has 1 saturated heterocycles. The lowest BCUT2D eigenvalue weighted by atomic mass is 9.89. The molecule has 1 aliphatic heterocycles. The topological polar surface area (TPSA) is 61.9 Å². The summed E-state index contributed by atoms with van der Waals surface area (Å²) in [6, 6.07) is 28.9. The number of aryl methyl sites for hydroxylation is 1. The highest BCUT2D eigenvalue weighted by Gasteiger charge is 2.44. The molecule has 4 aromatic rings. The number of carbonyl (C=O) groups excluding carboxylic acids is 2. The highest BCUT2D eigenvalue weighted by atomic mass is 19.4. The summed E-state index contributed by atoms with van der Waals surface area (Å²) in [6.45, 7) is 0.963. The van der Waals surface area contributed by atoms with Crippen molar-refractivity contribution in [3.8, 4) is 22.6 Å². The van der Waals surface area contributed by atoms with Gasteiger partial charge >= 0.3 is 6.18 Å². The van der Waals surface area contributed by atoms with E-state index in [0.29, 0.717) is 23.5 Å². The molecule has 0 radical (unpaired) electrons. The van der Waals surface area contributed by atoms with Crippen LogP contribution in [0.15, 0.2) is 97.1 Å². The molecule has 2 aliphatic rings. The summed E-state index contributed by atoms with van der Waals surface area (Å²) >= 11 is 0. The SMILES string of the molecule is CCCCCc1cccc2c1C(C(=O)N(CC(F)(F)F)N1CCC(NC(=O)c3ccccc3Oc3ccccc3)C1)c1ccccc1-2. The van der Waals surface area contributed by atoms with Gasteiger partial charge in [-0.15, -0.1) is 0 Å². The van der Waals surface area contributed by atoms with Crippen LogP contribution in [-0.2, 0) is 11.2 Å². The number of amides is 2. The molecule has 1 aliphatic carbocycles. The van der Waals surface area contributed by atoms with Crippen molar-refractivity contribution in [2.75, 3.05) is 19.6 Å². The summed E-state index contributed by atoms with van der Waals surface area (Å²) < 4.78 is 48.3. The van der Waals surface area contributed by atoms with Gasteiger partial charge in [0.15, 0.2) is 0 Å². The van der Waals surface area contributed by atoms with Gasteiger partial charge in [-0.3, -0.25) is 14.6 Å². The van der Waals surface area contributed by atoms with Crippen molar-refractivity contribution >= 4 is 11.8 Å². The van der Waals surface area contributed by atoms with Gasteiger partial charge in [0, 0.05) is 19.1 Å². The van der Waals surface area contributed by atoms with Gasteiger partial charge in [-0.1, -0.05) is 92.6 Å². The zero-order valence-electron chi connectivity index (χ0n) is 26.3. The Labute approximate surface area is 273 Å². The van der Waals surface area contributed by atoms with Crippen molar-refractivity contribution in [3.63, 3.8) is 0 Å². The van der Waals surface area contributed by atoms with E-state index in [-0.39, 0.29) is 13.1 Å². The van der Waals surface area contributed by atoms with Gasteiger partial charge < -0.3 is 10.1 Å². The molecule has 6 rings (SSSR count). The molecule has 2 unspecified atom stereocenters. The molecule has 9 heteroatoms. The standard InChI is InChI=1S/C38H38F3N3O3/c1-2-3-5-13-26-14-12-20-30-29-17-8-9-18-31(29)35(34(26)30)37(46)44(25-38(39,40)41)43-23-22-27(24-43)42-36(45)32-19-10-11-21-33(32)47-28-15-6-4-7-16-28/h4,6-12,14-21,27,35H,2-3,5,13,22-25H2,1H3,(H,42,45). The highest BCUT2D eigenvalue weighted by molar-refractivity contribution is 5.98. The van der Waals surface area contributed by atoms with Crippen LogP contribution in [0, 0.1) is 0 Å². The third-order valence-electron chi connectivity index (χ3n) is 8.87. The van der Waals surface area contributed by atoms with Gasteiger partial charge in [0.05, 0.1) is 11.5 Å². The van der Waals surface area contributed by atoms with Crippen LogP contribution >= 0.6 is 0 Å². The minimum absolute atomic E-state index is 0.0641. The monoisotopic (exact) mass is 641 g/mol. The van der Waals surface area contributed by atoms with E-state index in [2.05, 4.69) is 12.2 Å². The minimum Gasteiger partial charge on any atom is -0.457 e. The number of hydrogen-bond donors (Lipinski definition) is 1. The molecule has 1 fully saturated rings. The number of ether oxygens (including phenoxy) is 1. The van der Waals surface area contributed by atoms with Crippen molar-refractivity contribution in [1.82, 2.24) is 15.3 Å². The molecule has 0 aromatic heterocycles. The van der Waals surface area contributed by atoms with Gasteiger partial charge in [-0.25, -0.2) is 5.01 Å². The Hall–Kier alpha value is -4.63. The first kappa shape index (κ1) is 32.3. The Bertz CT molecular complexity index is 1730. The third-order valence-corrected chi connectivity index (χ3v) is 8.87. The number of para-hydroxylation sites is 2. The molecular weight excluding hydrogens is 603 g/mol. The highest BCUT2D eigenvalue weighted by Crippen LogP contribution is 2.48. The number of nitrogens with one attached hydrogen (secondary N) is 1. The fourth-order valence-electron chi connectivity index (χ4n) is 6.72. The number of rotatable bonds is 11. The molecule has 1 N–H and O–H groups in total. The lowest BCUT2D eigenvalue weighted by Crippen LogP contribution is -2.52. The molecule has 4 aromatic carbocycles. The Morgan fingerprint density at radius 2 is 1.62 bits per heavy atom. The second-order valence-electron chi connectivity index (χ2n) is 12.1. The van der Waals surface area contributed by atoms with Crippen LogP contribution in [0.25, 0.3) is 11.1 Å². The van der Waals surface area contributed by atoms with E-state index in [9.17, 15) is 22.8 Å². The number of unbranched alkanes of at least 4 members (excludes halogenated alkanes) is 2.